The van der Waals surface area contributed by atoms with Crippen molar-refractivity contribution in [1.82, 2.24) is 4.90 Å². The Hall–Kier alpha value is -2.24. The minimum absolute atomic E-state index is 0.119. The Morgan fingerprint density at radius 1 is 0.926 bits per heavy atom. The van der Waals surface area contributed by atoms with E-state index < -0.39 is 11.9 Å². The molecule has 3 N–H and O–H groups in total. The molecule has 6 heteroatoms. The van der Waals surface area contributed by atoms with Crippen LogP contribution in [-0.4, -0.2) is 35.1 Å². The molecule has 0 saturated carbocycles. The Morgan fingerprint density at radius 3 is 1.96 bits per heavy atom. The van der Waals surface area contributed by atoms with Crippen LogP contribution in [0.25, 0.3) is 0 Å². The van der Waals surface area contributed by atoms with E-state index in [2.05, 4.69) is 6.92 Å². The second-order valence-electron chi connectivity index (χ2n) is 6.85. The Morgan fingerprint density at radius 2 is 1.44 bits per heavy atom. The zero-order valence-electron chi connectivity index (χ0n) is 16.5. The minimum atomic E-state index is -0.745. The first-order valence-electron chi connectivity index (χ1n) is 10.1. The van der Waals surface area contributed by atoms with Crippen molar-refractivity contribution in [1.29, 1.82) is 0 Å². The number of hydrogen-bond acceptors (Lipinski definition) is 4. The Bertz CT molecular complexity index is 546. The highest BCUT2D eigenvalue weighted by Gasteiger charge is 2.18. The van der Waals surface area contributed by atoms with E-state index >= 15 is 0 Å². The predicted octanol–water partition coefficient (Wildman–Crippen LogP) is 4.60. The zero-order chi connectivity index (χ0) is 19.9. The number of carbonyl (C=O) groups is 2. The summed E-state index contributed by atoms with van der Waals surface area (Å²) >= 11 is 0. The molecule has 0 aromatic heterocycles. The molecule has 0 fully saturated rings. The number of benzene rings is 1. The quantitative estimate of drug-likeness (QED) is 0.463. The lowest BCUT2D eigenvalue weighted by Gasteiger charge is -2.18. The Labute approximate surface area is 162 Å². The van der Waals surface area contributed by atoms with Crippen LogP contribution in [0, 0.1) is 0 Å². The molecule has 0 bridgehead atoms. The van der Waals surface area contributed by atoms with Gasteiger partial charge < -0.3 is 15.6 Å². The van der Waals surface area contributed by atoms with Gasteiger partial charge >= 0.3 is 6.03 Å². The molecule has 6 nitrogen and oxygen atoms in total. The number of primary amides is 1. The van der Waals surface area contributed by atoms with E-state index in [-0.39, 0.29) is 12.4 Å². The summed E-state index contributed by atoms with van der Waals surface area (Å²) in [7, 11) is 0. The molecule has 0 heterocycles. The molecule has 0 aliphatic heterocycles. The molecular weight excluding hydrogens is 344 g/mol. The maximum absolute atomic E-state index is 12.2. The van der Waals surface area contributed by atoms with E-state index in [4.69, 9.17) is 10.5 Å². The highest BCUT2D eigenvalue weighted by atomic mass is 16.5. The van der Waals surface area contributed by atoms with Crippen molar-refractivity contribution in [3.63, 3.8) is 0 Å². The molecule has 0 spiro atoms. The van der Waals surface area contributed by atoms with Gasteiger partial charge in [0.15, 0.2) is 6.61 Å². The fourth-order valence-corrected chi connectivity index (χ4v) is 2.88. The number of urea groups is 1. The maximum atomic E-state index is 12.2. The van der Waals surface area contributed by atoms with E-state index in [1.807, 2.05) is 0 Å². The number of rotatable bonds is 14. The summed E-state index contributed by atoms with van der Waals surface area (Å²) < 4.78 is 5.34. The summed E-state index contributed by atoms with van der Waals surface area (Å²) in [5.74, 6) is 0.115. The van der Waals surface area contributed by atoms with Crippen molar-refractivity contribution in [2.24, 2.45) is 5.73 Å². The lowest BCUT2D eigenvalue weighted by atomic mass is 10.1. The third kappa shape index (κ3) is 10.5. The van der Waals surface area contributed by atoms with Gasteiger partial charge in [0.05, 0.1) is 0 Å². The van der Waals surface area contributed by atoms with Crippen LogP contribution < -0.4 is 10.5 Å². The molecule has 0 aliphatic carbocycles. The van der Waals surface area contributed by atoms with Crippen LogP contribution in [0.3, 0.4) is 0 Å². The number of hydrogen-bond donors (Lipinski definition) is 2. The van der Waals surface area contributed by atoms with Crippen LogP contribution in [-0.2, 0) is 4.79 Å². The van der Waals surface area contributed by atoms with Crippen molar-refractivity contribution in [2.75, 3.05) is 13.2 Å². The first kappa shape index (κ1) is 22.8. The first-order chi connectivity index (χ1) is 13.0. The number of phenols is 1. The molecule has 1 aromatic rings. The van der Waals surface area contributed by atoms with Crippen LogP contribution in [0.15, 0.2) is 24.3 Å². The summed E-state index contributed by atoms with van der Waals surface area (Å²) in [6, 6.07) is 5.30. The largest absolute Gasteiger partial charge is 0.508 e. The van der Waals surface area contributed by atoms with Gasteiger partial charge in [-0.1, -0.05) is 64.7 Å². The van der Waals surface area contributed by atoms with E-state index in [0.29, 0.717) is 12.3 Å². The summed E-state index contributed by atoms with van der Waals surface area (Å²) in [4.78, 5) is 24.7. The molecule has 1 rings (SSSR count). The maximum Gasteiger partial charge on any atom is 0.321 e. The monoisotopic (exact) mass is 378 g/mol. The third-order valence-electron chi connectivity index (χ3n) is 4.50. The first-order valence-corrected chi connectivity index (χ1v) is 10.1. The number of carbonyl (C=O) groups excluding carboxylic acids is 2. The lowest BCUT2D eigenvalue weighted by molar-refractivity contribution is -0.130. The number of imide groups is 1. The van der Waals surface area contributed by atoms with E-state index in [0.717, 1.165) is 24.2 Å². The number of aromatic hydroxyl groups is 1. The van der Waals surface area contributed by atoms with Gasteiger partial charge in [-0.3, -0.25) is 9.69 Å². The molecule has 3 amide bonds. The van der Waals surface area contributed by atoms with Crippen molar-refractivity contribution >= 4 is 11.9 Å². The van der Waals surface area contributed by atoms with Crippen LogP contribution in [0.4, 0.5) is 4.79 Å². The predicted molar refractivity (Wildman–Crippen MR) is 107 cm³/mol. The van der Waals surface area contributed by atoms with Gasteiger partial charge in [-0.25, -0.2) is 4.79 Å². The van der Waals surface area contributed by atoms with Gasteiger partial charge in [-0.15, -0.1) is 0 Å². The Kier molecular flexibility index (Phi) is 11.7. The van der Waals surface area contributed by atoms with Gasteiger partial charge in [0.25, 0.3) is 5.91 Å². The molecule has 1 aromatic carbocycles. The normalized spacial score (nSPS) is 10.6. The van der Waals surface area contributed by atoms with Gasteiger partial charge in [-0.05, 0) is 30.7 Å². The SMILES string of the molecule is CCCCCCCCCCCCN(C(N)=O)C(=O)COc1ccc(O)cc1. The van der Waals surface area contributed by atoms with E-state index in [9.17, 15) is 14.7 Å². The van der Waals surface area contributed by atoms with Crippen LogP contribution in [0.2, 0.25) is 0 Å². The number of unbranched alkanes of at least 4 members (excludes halogenated alkanes) is 9. The van der Waals surface area contributed by atoms with Gasteiger partial charge in [0.1, 0.15) is 11.5 Å². The van der Waals surface area contributed by atoms with Gasteiger partial charge in [-0.2, -0.15) is 0 Å². The highest BCUT2D eigenvalue weighted by molar-refractivity contribution is 5.94. The second kappa shape index (κ2) is 13.9. The third-order valence-corrected chi connectivity index (χ3v) is 4.50. The molecule has 0 atom stereocenters. The summed E-state index contributed by atoms with van der Waals surface area (Å²) in [5.41, 5.74) is 5.32. The van der Waals surface area contributed by atoms with E-state index in [1.165, 1.54) is 57.1 Å². The summed E-state index contributed by atoms with van der Waals surface area (Å²) in [6.07, 6.45) is 11.8. The van der Waals surface area contributed by atoms with Crippen LogP contribution >= 0.6 is 0 Å². The summed E-state index contributed by atoms with van der Waals surface area (Å²) in [5, 5.41) is 9.23. The van der Waals surface area contributed by atoms with Crippen LogP contribution in [0.5, 0.6) is 11.5 Å². The lowest BCUT2D eigenvalue weighted by Crippen LogP contribution is -2.43. The molecule has 0 radical (unpaired) electrons. The van der Waals surface area contributed by atoms with Crippen LogP contribution in [0.1, 0.15) is 71.1 Å². The summed E-state index contributed by atoms with van der Waals surface area (Å²) in [6.45, 7) is 2.29. The number of nitrogens with zero attached hydrogens (tertiary/aromatic N) is 1. The van der Waals surface area contributed by atoms with Crippen molar-refractivity contribution in [3.05, 3.63) is 24.3 Å². The van der Waals surface area contributed by atoms with Crippen molar-refractivity contribution in [3.8, 4) is 11.5 Å². The van der Waals surface area contributed by atoms with Gasteiger partial charge in [0.2, 0.25) is 0 Å². The molecular formula is C21H34N2O4. The highest BCUT2D eigenvalue weighted by Crippen LogP contribution is 2.16. The smallest absolute Gasteiger partial charge is 0.321 e. The number of ether oxygens (including phenoxy) is 1. The number of amides is 3. The molecule has 0 unspecified atom stereocenters. The molecule has 0 saturated heterocycles. The number of nitrogens with two attached hydrogens (primary N) is 1. The van der Waals surface area contributed by atoms with Gasteiger partial charge in [0, 0.05) is 6.54 Å². The fourth-order valence-electron chi connectivity index (χ4n) is 2.88. The standard InChI is InChI=1S/C21H34N2O4/c1-2-3-4-5-6-7-8-9-10-11-16-23(21(22)26)20(25)17-27-19-14-12-18(24)13-15-19/h12-15,24H,2-11,16-17H2,1H3,(H2,22,26). The van der Waals surface area contributed by atoms with Crippen molar-refractivity contribution < 1.29 is 19.4 Å². The number of phenolic OH excluding ortho intramolecular Hbond substituents is 1. The van der Waals surface area contributed by atoms with E-state index in [1.54, 1.807) is 12.1 Å². The Balaban J connectivity index is 2.18. The molecule has 0 aliphatic rings. The second-order valence-corrected chi connectivity index (χ2v) is 6.85. The average molecular weight is 379 g/mol. The average Bonchev–Trinajstić information content (AvgIpc) is 2.65. The minimum Gasteiger partial charge on any atom is -0.508 e. The zero-order valence-corrected chi connectivity index (χ0v) is 16.5. The fraction of sp³-hybridized carbons (Fsp3) is 0.619. The topological polar surface area (TPSA) is 92.9 Å². The molecule has 27 heavy (non-hydrogen) atoms. The van der Waals surface area contributed by atoms with Crippen molar-refractivity contribution in [2.45, 2.75) is 71.1 Å². The molecule has 152 valence electrons.